The molecule has 0 fully saturated rings. The molecule has 0 saturated heterocycles. The minimum Gasteiger partial charge on any atom is -0.484 e. The maximum Gasteiger partial charge on any atom is 0.277 e. The van der Waals surface area contributed by atoms with Crippen LogP contribution < -0.4 is 10.2 Å². The largest absolute Gasteiger partial charge is 0.484 e. The molecule has 0 spiro atoms. The van der Waals surface area contributed by atoms with Crippen LogP contribution in [0.1, 0.15) is 29.5 Å². The predicted molar refractivity (Wildman–Crippen MR) is 92.9 cm³/mol. The second-order valence-electron chi connectivity index (χ2n) is 5.62. The Bertz CT molecular complexity index is 661. The van der Waals surface area contributed by atoms with E-state index in [4.69, 9.17) is 4.74 Å². The molecule has 2 aromatic carbocycles. The number of nitrogens with zero attached hydrogens (tertiary/aromatic N) is 1. The van der Waals surface area contributed by atoms with Crippen LogP contribution in [0.5, 0.6) is 5.75 Å². The molecule has 0 heterocycles. The van der Waals surface area contributed by atoms with Crippen molar-refractivity contribution in [3.05, 3.63) is 65.2 Å². The minimum absolute atomic E-state index is 0.0556. The number of hydrazone groups is 1. The van der Waals surface area contributed by atoms with E-state index in [1.807, 2.05) is 63.2 Å². The van der Waals surface area contributed by atoms with Gasteiger partial charge in [0.1, 0.15) is 5.75 Å². The number of aryl methyl sites for hydroxylation is 2. The number of carbonyl (C=O) groups excluding carboxylic acids is 1. The van der Waals surface area contributed by atoms with E-state index < -0.39 is 0 Å². The summed E-state index contributed by atoms with van der Waals surface area (Å²) in [5, 5.41) is 3.99. The van der Waals surface area contributed by atoms with Crippen molar-refractivity contribution in [2.24, 2.45) is 5.10 Å². The van der Waals surface area contributed by atoms with Crippen molar-refractivity contribution >= 4 is 12.1 Å². The van der Waals surface area contributed by atoms with Crippen molar-refractivity contribution in [1.82, 2.24) is 5.43 Å². The molecule has 4 nitrogen and oxygen atoms in total. The van der Waals surface area contributed by atoms with Crippen molar-refractivity contribution in [1.29, 1.82) is 0 Å². The van der Waals surface area contributed by atoms with Crippen LogP contribution in [0, 0.1) is 13.8 Å². The van der Waals surface area contributed by atoms with Crippen molar-refractivity contribution in [2.75, 3.05) is 6.61 Å². The van der Waals surface area contributed by atoms with Gasteiger partial charge in [0.15, 0.2) is 6.61 Å². The lowest BCUT2D eigenvalue weighted by Gasteiger charge is -2.08. The van der Waals surface area contributed by atoms with Crippen molar-refractivity contribution in [2.45, 2.75) is 26.7 Å². The first-order valence-corrected chi connectivity index (χ1v) is 7.62. The lowest BCUT2D eigenvalue weighted by Crippen LogP contribution is -2.24. The molecule has 1 atom stereocenters. The first kappa shape index (κ1) is 16.7. The average molecular weight is 310 g/mol. The molecule has 2 aromatic rings. The highest BCUT2D eigenvalue weighted by atomic mass is 16.5. The summed E-state index contributed by atoms with van der Waals surface area (Å²) in [7, 11) is 0. The number of ether oxygens (including phenoxy) is 1. The fraction of sp³-hybridized carbons (Fsp3) is 0.263. The van der Waals surface area contributed by atoms with E-state index in [-0.39, 0.29) is 18.4 Å². The Balaban J connectivity index is 1.80. The number of carbonyl (C=O) groups is 1. The van der Waals surface area contributed by atoms with Crippen LogP contribution in [0.15, 0.2) is 53.6 Å². The second kappa shape index (κ2) is 8.13. The molecule has 0 aliphatic rings. The fourth-order valence-corrected chi connectivity index (χ4v) is 2.26. The van der Waals surface area contributed by atoms with Gasteiger partial charge in [0.2, 0.25) is 0 Å². The quantitative estimate of drug-likeness (QED) is 0.655. The third-order valence-electron chi connectivity index (χ3n) is 3.38. The number of hydrogen-bond acceptors (Lipinski definition) is 3. The van der Waals surface area contributed by atoms with Crippen LogP contribution in [0.2, 0.25) is 0 Å². The summed E-state index contributed by atoms with van der Waals surface area (Å²) in [4.78, 5) is 11.8. The van der Waals surface area contributed by atoms with E-state index in [9.17, 15) is 4.79 Å². The zero-order chi connectivity index (χ0) is 16.7. The van der Waals surface area contributed by atoms with Crippen LogP contribution in [-0.4, -0.2) is 18.7 Å². The molecular weight excluding hydrogens is 288 g/mol. The Hall–Kier alpha value is -2.62. The van der Waals surface area contributed by atoms with Gasteiger partial charge in [-0.1, -0.05) is 43.3 Å². The summed E-state index contributed by atoms with van der Waals surface area (Å²) in [5.41, 5.74) is 5.85. The summed E-state index contributed by atoms with van der Waals surface area (Å²) < 4.78 is 5.49. The first-order chi connectivity index (χ1) is 11.0. The zero-order valence-corrected chi connectivity index (χ0v) is 13.7. The molecule has 0 aliphatic heterocycles. The Morgan fingerprint density at radius 3 is 2.48 bits per heavy atom. The topological polar surface area (TPSA) is 50.7 Å². The summed E-state index contributed by atoms with van der Waals surface area (Å²) in [6.07, 6.45) is 1.71. The zero-order valence-electron chi connectivity index (χ0n) is 13.7. The molecule has 0 radical (unpaired) electrons. The molecule has 0 unspecified atom stereocenters. The van der Waals surface area contributed by atoms with Crippen molar-refractivity contribution in [3.63, 3.8) is 0 Å². The van der Waals surface area contributed by atoms with Gasteiger partial charge in [-0.25, -0.2) is 5.43 Å². The predicted octanol–water partition coefficient (Wildman–Crippen LogP) is 3.59. The van der Waals surface area contributed by atoms with Crippen molar-refractivity contribution < 1.29 is 9.53 Å². The Morgan fingerprint density at radius 1 is 1.17 bits per heavy atom. The fourth-order valence-electron chi connectivity index (χ4n) is 2.26. The average Bonchev–Trinajstić information content (AvgIpc) is 2.53. The summed E-state index contributed by atoms with van der Waals surface area (Å²) in [6, 6.07) is 15.9. The number of benzene rings is 2. The van der Waals surface area contributed by atoms with Gasteiger partial charge < -0.3 is 4.74 Å². The van der Waals surface area contributed by atoms with E-state index in [1.54, 1.807) is 6.21 Å². The third kappa shape index (κ3) is 5.58. The Labute approximate surface area is 137 Å². The highest BCUT2D eigenvalue weighted by molar-refractivity contribution is 5.79. The molecule has 120 valence electrons. The minimum atomic E-state index is -0.277. The molecule has 2 rings (SSSR count). The van der Waals surface area contributed by atoms with E-state index in [0.29, 0.717) is 5.75 Å². The molecule has 1 amide bonds. The van der Waals surface area contributed by atoms with Crippen LogP contribution in [-0.2, 0) is 4.79 Å². The summed E-state index contributed by atoms with van der Waals surface area (Å²) in [6.45, 7) is 5.96. The second-order valence-corrected chi connectivity index (χ2v) is 5.62. The molecule has 4 heteroatoms. The van der Waals surface area contributed by atoms with Crippen LogP contribution in [0.25, 0.3) is 0 Å². The molecular formula is C19H22N2O2. The number of hydrogen-bond donors (Lipinski definition) is 1. The highest BCUT2D eigenvalue weighted by Crippen LogP contribution is 2.16. The Kier molecular flexibility index (Phi) is 5.92. The number of amides is 1. The lowest BCUT2D eigenvalue weighted by atomic mass is 10.0. The number of rotatable bonds is 6. The van der Waals surface area contributed by atoms with Crippen molar-refractivity contribution in [3.8, 4) is 5.75 Å². The number of nitrogens with one attached hydrogen (secondary N) is 1. The van der Waals surface area contributed by atoms with Gasteiger partial charge in [0, 0.05) is 12.1 Å². The monoisotopic (exact) mass is 310 g/mol. The first-order valence-electron chi connectivity index (χ1n) is 7.62. The highest BCUT2D eigenvalue weighted by Gasteiger charge is 2.04. The van der Waals surface area contributed by atoms with Crippen LogP contribution >= 0.6 is 0 Å². The standard InChI is InChI=1S/C19H22N2O2/c1-14-9-15(2)11-18(10-14)23-13-19(22)21-20-12-16(3)17-7-5-4-6-8-17/h4-12,16H,13H2,1-3H3,(H,21,22)/b20-12-/t16-/m1/s1. The normalized spacial score (nSPS) is 12.1. The molecule has 0 saturated carbocycles. The van der Waals surface area contributed by atoms with Gasteiger partial charge in [0.05, 0.1) is 0 Å². The summed E-state index contributed by atoms with van der Waals surface area (Å²) in [5.74, 6) is 0.553. The van der Waals surface area contributed by atoms with Gasteiger partial charge in [-0.15, -0.1) is 0 Å². The molecule has 0 aliphatic carbocycles. The lowest BCUT2D eigenvalue weighted by molar-refractivity contribution is -0.123. The van der Waals surface area contributed by atoms with Gasteiger partial charge in [-0.3, -0.25) is 4.79 Å². The molecule has 0 aromatic heterocycles. The SMILES string of the molecule is Cc1cc(C)cc(OCC(=O)N/N=C\[C@@H](C)c2ccccc2)c1. The van der Waals surface area contributed by atoms with Gasteiger partial charge in [-0.05, 0) is 42.7 Å². The van der Waals surface area contributed by atoms with E-state index >= 15 is 0 Å². The van der Waals surface area contributed by atoms with E-state index in [0.717, 1.165) is 16.7 Å². The maximum absolute atomic E-state index is 11.8. The molecule has 0 bridgehead atoms. The van der Waals surface area contributed by atoms with Crippen LogP contribution in [0.4, 0.5) is 0 Å². The van der Waals surface area contributed by atoms with E-state index in [2.05, 4.69) is 16.6 Å². The third-order valence-corrected chi connectivity index (χ3v) is 3.38. The van der Waals surface area contributed by atoms with Gasteiger partial charge in [-0.2, -0.15) is 5.10 Å². The maximum atomic E-state index is 11.8. The summed E-state index contributed by atoms with van der Waals surface area (Å²) >= 11 is 0. The Morgan fingerprint density at radius 2 is 1.83 bits per heavy atom. The van der Waals surface area contributed by atoms with E-state index in [1.165, 1.54) is 0 Å². The van der Waals surface area contributed by atoms with Gasteiger partial charge >= 0.3 is 0 Å². The van der Waals surface area contributed by atoms with Gasteiger partial charge in [0.25, 0.3) is 5.91 Å². The molecule has 1 N–H and O–H groups in total. The smallest absolute Gasteiger partial charge is 0.277 e. The molecule has 23 heavy (non-hydrogen) atoms. The van der Waals surface area contributed by atoms with Crippen LogP contribution in [0.3, 0.4) is 0 Å².